The Kier molecular flexibility index (Phi) is 7.52. The summed E-state index contributed by atoms with van der Waals surface area (Å²) in [5.41, 5.74) is -1.34. The SMILES string of the molecule is CC(C)(C)OC(=O)N(C(=O)OC(C)(C)C)c1nn(C(=O)OC(C)(C)C)c2ccc(CBr)cc12. The smallest absolute Gasteiger partial charge is 0.435 e. The molecule has 0 spiro atoms. The average Bonchev–Trinajstić information content (AvgIpc) is 2.96. The minimum atomic E-state index is -0.975. The van der Waals surface area contributed by atoms with E-state index in [2.05, 4.69) is 21.0 Å². The van der Waals surface area contributed by atoms with Crippen LogP contribution in [0.15, 0.2) is 18.2 Å². The predicted octanol–water partition coefficient (Wildman–Crippen LogP) is 6.39. The molecule has 0 radical (unpaired) electrons. The van der Waals surface area contributed by atoms with Crippen molar-refractivity contribution in [3.63, 3.8) is 0 Å². The van der Waals surface area contributed by atoms with E-state index in [1.165, 1.54) is 0 Å². The third-order valence-corrected chi connectivity index (χ3v) is 4.46. The van der Waals surface area contributed by atoms with Gasteiger partial charge in [0.05, 0.1) is 5.52 Å². The summed E-state index contributed by atoms with van der Waals surface area (Å²) >= 11 is 3.40. The lowest BCUT2D eigenvalue weighted by Crippen LogP contribution is -2.44. The fourth-order valence-corrected chi connectivity index (χ4v) is 3.05. The number of hydrogen-bond donors (Lipinski definition) is 0. The van der Waals surface area contributed by atoms with Crippen LogP contribution in [0.5, 0.6) is 0 Å². The largest absolute Gasteiger partial charge is 0.443 e. The molecule has 1 aromatic heterocycles. The summed E-state index contributed by atoms with van der Waals surface area (Å²) in [5.74, 6) is -0.0952. The molecule has 0 aliphatic carbocycles. The molecule has 33 heavy (non-hydrogen) atoms. The standard InChI is InChI=1S/C23H32BrN3O6/c1-21(2,3)31-18(28)26(19(29)32-22(4,5)6)17-15-12-14(13-24)10-11-16(15)27(25-17)20(30)33-23(7,8)9/h10-12H,13H2,1-9H3. The molecule has 10 heteroatoms. The molecule has 1 heterocycles. The van der Waals surface area contributed by atoms with Gasteiger partial charge in [0.2, 0.25) is 0 Å². The van der Waals surface area contributed by atoms with Crippen molar-refractivity contribution >= 4 is 50.9 Å². The van der Waals surface area contributed by atoms with Crippen LogP contribution in [-0.4, -0.2) is 44.9 Å². The van der Waals surface area contributed by atoms with Gasteiger partial charge in [0.1, 0.15) is 16.8 Å². The lowest BCUT2D eigenvalue weighted by molar-refractivity contribution is 0.0421. The second-order valence-corrected chi connectivity index (χ2v) is 11.1. The molecule has 2 rings (SSSR count). The van der Waals surface area contributed by atoms with E-state index in [1.807, 2.05) is 0 Å². The van der Waals surface area contributed by atoms with Crippen LogP contribution in [0.2, 0.25) is 0 Å². The number of hydrogen-bond acceptors (Lipinski definition) is 7. The number of ether oxygens (including phenoxy) is 3. The molecule has 0 unspecified atom stereocenters. The second kappa shape index (κ2) is 9.32. The first kappa shape index (κ1) is 26.6. The topological polar surface area (TPSA) is 100.0 Å². The van der Waals surface area contributed by atoms with Crippen molar-refractivity contribution < 1.29 is 28.6 Å². The van der Waals surface area contributed by atoms with Crippen LogP contribution in [0.1, 0.15) is 67.9 Å². The van der Waals surface area contributed by atoms with E-state index < -0.39 is 35.1 Å². The van der Waals surface area contributed by atoms with Crippen molar-refractivity contribution in [2.45, 2.75) is 84.4 Å². The Morgan fingerprint density at radius 1 is 0.879 bits per heavy atom. The Labute approximate surface area is 202 Å². The van der Waals surface area contributed by atoms with Gasteiger partial charge in [-0.1, -0.05) is 22.0 Å². The fraction of sp³-hybridized carbons (Fsp3) is 0.565. The monoisotopic (exact) mass is 525 g/mol. The Hall–Kier alpha value is -2.62. The van der Waals surface area contributed by atoms with E-state index in [-0.39, 0.29) is 5.82 Å². The van der Waals surface area contributed by atoms with Crippen molar-refractivity contribution in [2.24, 2.45) is 0 Å². The summed E-state index contributed by atoms with van der Waals surface area (Å²) in [6.45, 7) is 15.3. The number of amides is 2. The molecule has 9 nitrogen and oxygen atoms in total. The first-order chi connectivity index (χ1) is 14.9. The summed E-state index contributed by atoms with van der Waals surface area (Å²) in [6, 6.07) is 5.21. The molecule has 2 aromatic rings. The molecule has 0 bridgehead atoms. The zero-order chi connectivity index (χ0) is 25.4. The molecule has 0 saturated carbocycles. The third-order valence-electron chi connectivity index (χ3n) is 3.81. The fourth-order valence-electron chi connectivity index (χ4n) is 2.70. The Balaban J connectivity index is 2.74. The molecule has 1 aromatic carbocycles. The second-order valence-electron chi connectivity index (χ2n) is 10.5. The van der Waals surface area contributed by atoms with Gasteiger partial charge in [-0.15, -0.1) is 5.10 Å². The number of benzene rings is 1. The first-order valence-corrected chi connectivity index (χ1v) is 11.6. The van der Waals surface area contributed by atoms with Gasteiger partial charge in [0.25, 0.3) is 0 Å². The molecule has 0 aliphatic heterocycles. The average molecular weight is 526 g/mol. The van der Waals surface area contributed by atoms with E-state index in [0.717, 1.165) is 10.2 Å². The highest BCUT2D eigenvalue weighted by Crippen LogP contribution is 2.31. The molecular weight excluding hydrogens is 494 g/mol. The van der Waals surface area contributed by atoms with Crippen LogP contribution in [0.4, 0.5) is 20.2 Å². The quantitative estimate of drug-likeness (QED) is 0.330. The van der Waals surface area contributed by atoms with Gasteiger partial charge >= 0.3 is 18.3 Å². The van der Waals surface area contributed by atoms with Crippen LogP contribution in [-0.2, 0) is 19.5 Å². The maximum Gasteiger partial charge on any atom is 0.435 e. The molecule has 0 saturated heterocycles. The van der Waals surface area contributed by atoms with Crippen molar-refractivity contribution in [1.82, 2.24) is 9.78 Å². The highest BCUT2D eigenvalue weighted by atomic mass is 79.9. The van der Waals surface area contributed by atoms with E-state index >= 15 is 0 Å². The number of imide groups is 1. The molecule has 2 amide bonds. The summed E-state index contributed by atoms with van der Waals surface area (Å²) in [4.78, 5) is 39.8. The highest BCUT2D eigenvalue weighted by Gasteiger charge is 2.37. The van der Waals surface area contributed by atoms with Gasteiger partial charge in [0, 0.05) is 10.7 Å². The Bertz CT molecular complexity index is 1030. The van der Waals surface area contributed by atoms with E-state index in [9.17, 15) is 14.4 Å². The Morgan fingerprint density at radius 2 is 1.36 bits per heavy atom. The lowest BCUT2D eigenvalue weighted by atomic mass is 10.1. The van der Waals surface area contributed by atoms with Gasteiger partial charge in [0.15, 0.2) is 5.82 Å². The molecule has 0 aliphatic rings. The number of carbonyl (C=O) groups is 3. The number of nitrogens with zero attached hydrogens (tertiary/aromatic N) is 3. The normalized spacial score (nSPS) is 12.4. The summed E-state index contributed by atoms with van der Waals surface area (Å²) in [7, 11) is 0. The first-order valence-electron chi connectivity index (χ1n) is 10.5. The van der Waals surface area contributed by atoms with Crippen LogP contribution >= 0.6 is 15.9 Å². The number of alkyl halides is 1. The van der Waals surface area contributed by atoms with Crippen molar-refractivity contribution in [2.75, 3.05) is 4.90 Å². The zero-order valence-electron chi connectivity index (χ0n) is 20.6. The van der Waals surface area contributed by atoms with Crippen LogP contribution < -0.4 is 4.90 Å². The van der Waals surface area contributed by atoms with Gasteiger partial charge in [-0.3, -0.25) is 0 Å². The van der Waals surface area contributed by atoms with Gasteiger partial charge < -0.3 is 14.2 Å². The molecule has 0 N–H and O–H groups in total. The van der Waals surface area contributed by atoms with Crippen LogP contribution in [0.3, 0.4) is 0 Å². The molecular formula is C23H32BrN3O6. The van der Waals surface area contributed by atoms with Crippen molar-refractivity contribution in [1.29, 1.82) is 0 Å². The highest BCUT2D eigenvalue weighted by molar-refractivity contribution is 9.08. The number of anilines is 1. The maximum absolute atomic E-state index is 13.1. The predicted molar refractivity (Wildman–Crippen MR) is 129 cm³/mol. The van der Waals surface area contributed by atoms with Crippen LogP contribution in [0, 0.1) is 0 Å². The molecule has 0 atom stereocenters. The zero-order valence-corrected chi connectivity index (χ0v) is 22.2. The molecule has 182 valence electrons. The number of carbonyl (C=O) groups excluding carboxylic acids is 3. The maximum atomic E-state index is 13.1. The lowest BCUT2D eigenvalue weighted by Gasteiger charge is -2.27. The van der Waals surface area contributed by atoms with E-state index in [1.54, 1.807) is 80.5 Å². The Morgan fingerprint density at radius 3 is 1.79 bits per heavy atom. The summed E-state index contributed by atoms with van der Waals surface area (Å²) in [6.07, 6.45) is -2.70. The minimum absolute atomic E-state index is 0.0952. The van der Waals surface area contributed by atoms with Crippen LogP contribution in [0.25, 0.3) is 10.9 Å². The number of halogens is 1. The number of aromatic nitrogens is 2. The van der Waals surface area contributed by atoms with Gasteiger partial charge in [-0.25, -0.2) is 14.4 Å². The molecule has 0 fully saturated rings. The van der Waals surface area contributed by atoms with E-state index in [4.69, 9.17) is 14.2 Å². The third kappa shape index (κ3) is 7.18. The van der Waals surface area contributed by atoms with Crippen molar-refractivity contribution in [3.05, 3.63) is 23.8 Å². The minimum Gasteiger partial charge on any atom is -0.443 e. The number of fused-ring (bicyclic) bond motifs is 1. The van der Waals surface area contributed by atoms with Gasteiger partial charge in [-0.2, -0.15) is 9.58 Å². The summed E-state index contributed by atoms with van der Waals surface area (Å²) in [5, 5.41) is 5.20. The summed E-state index contributed by atoms with van der Waals surface area (Å²) < 4.78 is 17.4. The van der Waals surface area contributed by atoms with E-state index in [0.29, 0.717) is 21.1 Å². The van der Waals surface area contributed by atoms with Gasteiger partial charge in [-0.05, 0) is 80.0 Å². The number of rotatable bonds is 2. The van der Waals surface area contributed by atoms with Crippen molar-refractivity contribution in [3.8, 4) is 0 Å².